The van der Waals surface area contributed by atoms with E-state index in [2.05, 4.69) is 5.10 Å². The van der Waals surface area contributed by atoms with Crippen molar-refractivity contribution < 1.29 is 14.3 Å². The van der Waals surface area contributed by atoms with Gasteiger partial charge in [-0.2, -0.15) is 5.10 Å². The first-order valence-corrected chi connectivity index (χ1v) is 5.05. The van der Waals surface area contributed by atoms with Gasteiger partial charge in [0.05, 0.1) is 18.7 Å². The lowest BCUT2D eigenvalue weighted by atomic mass is 10.2. The first kappa shape index (κ1) is 13.2. The maximum atomic E-state index is 11.8. The van der Waals surface area contributed by atoms with Crippen molar-refractivity contribution in [2.75, 3.05) is 27.8 Å². The van der Waals surface area contributed by atoms with Crippen LogP contribution in [0, 0.1) is 0 Å². The Labute approximate surface area is 99.1 Å². The fraction of sp³-hybridized carbons (Fsp3) is 0.500. The molecule has 0 spiro atoms. The number of ether oxygens (including phenoxy) is 1. The van der Waals surface area contributed by atoms with Crippen molar-refractivity contribution in [2.24, 2.45) is 5.73 Å². The van der Waals surface area contributed by atoms with E-state index in [1.54, 1.807) is 21.2 Å². The normalized spacial score (nSPS) is 10.3. The molecule has 1 aromatic rings. The van der Waals surface area contributed by atoms with E-state index in [0.717, 1.165) is 0 Å². The third-order valence-corrected chi connectivity index (χ3v) is 2.16. The number of nitrogens with two attached hydrogens (primary N) is 1. The van der Waals surface area contributed by atoms with Gasteiger partial charge < -0.3 is 15.4 Å². The summed E-state index contributed by atoms with van der Waals surface area (Å²) in [6.07, 6.45) is 1.46. The molecule has 0 bridgehead atoms. The largest absolute Gasteiger partial charge is 0.383 e. The highest BCUT2D eigenvalue weighted by Gasteiger charge is 2.21. The summed E-state index contributed by atoms with van der Waals surface area (Å²) in [5, 5.41) is 4.03. The molecular weight excluding hydrogens is 224 g/mol. The molecule has 0 atom stereocenters. The lowest BCUT2D eigenvalue weighted by Crippen LogP contribution is -2.25. The van der Waals surface area contributed by atoms with Crippen molar-refractivity contribution in [2.45, 2.75) is 6.54 Å². The predicted molar refractivity (Wildman–Crippen MR) is 60.6 cm³/mol. The molecule has 17 heavy (non-hydrogen) atoms. The van der Waals surface area contributed by atoms with Crippen LogP contribution in [0.15, 0.2) is 6.20 Å². The zero-order valence-electron chi connectivity index (χ0n) is 10.1. The predicted octanol–water partition coefficient (Wildman–Crippen LogP) is -0.670. The van der Waals surface area contributed by atoms with E-state index in [0.29, 0.717) is 13.2 Å². The summed E-state index contributed by atoms with van der Waals surface area (Å²) in [6, 6.07) is 0. The van der Waals surface area contributed by atoms with Gasteiger partial charge in [-0.25, -0.2) is 0 Å². The number of hydrogen-bond acceptors (Lipinski definition) is 4. The number of amides is 2. The van der Waals surface area contributed by atoms with Gasteiger partial charge in [0.1, 0.15) is 0 Å². The molecule has 94 valence electrons. The molecule has 0 saturated heterocycles. The maximum absolute atomic E-state index is 11.8. The molecule has 2 amide bonds. The van der Waals surface area contributed by atoms with Crippen LogP contribution in [-0.4, -0.2) is 54.3 Å². The third kappa shape index (κ3) is 3.04. The van der Waals surface area contributed by atoms with Crippen LogP contribution < -0.4 is 5.73 Å². The van der Waals surface area contributed by atoms with Crippen molar-refractivity contribution in [1.29, 1.82) is 0 Å². The SMILES string of the molecule is COCCn1cc(C(N)=O)c(C(=O)N(C)C)n1. The van der Waals surface area contributed by atoms with Gasteiger partial charge in [0.25, 0.3) is 11.8 Å². The van der Waals surface area contributed by atoms with Gasteiger partial charge in [-0.15, -0.1) is 0 Å². The Morgan fingerprint density at radius 2 is 2.18 bits per heavy atom. The molecule has 0 aliphatic carbocycles. The van der Waals surface area contributed by atoms with Crippen molar-refractivity contribution in [1.82, 2.24) is 14.7 Å². The Bertz CT molecular complexity index is 425. The zero-order chi connectivity index (χ0) is 13.0. The summed E-state index contributed by atoms with van der Waals surface area (Å²) in [6.45, 7) is 0.896. The molecule has 1 heterocycles. The molecular formula is C10H16N4O3. The molecule has 1 rings (SSSR count). The maximum Gasteiger partial charge on any atom is 0.274 e. The molecule has 1 aromatic heterocycles. The highest BCUT2D eigenvalue weighted by molar-refractivity contribution is 6.05. The number of nitrogens with zero attached hydrogens (tertiary/aromatic N) is 3. The average molecular weight is 240 g/mol. The average Bonchev–Trinajstić information content (AvgIpc) is 2.69. The van der Waals surface area contributed by atoms with Crippen LogP contribution in [-0.2, 0) is 11.3 Å². The number of carbonyl (C=O) groups is 2. The summed E-state index contributed by atoms with van der Waals surface area (Å²) < 4.78 is 6.36. The zero-order valence-corrected chi connectivity index (χ0v) is 10.1. The van der Waals surface area contributed by atoms with Crippen LogP contribution in [0.3, 0.4) is 0 Å². The molecule has 0 saturated carbocycles. The summed E-state index contributed by atoms with van der Waals surface area (Å²) in [4.78, 5) is 24.3. The van der Waals surface area contributed by atoms with Gasteiger partial charge >= 0.3 is 0 Å². The molecule has 0 aromatic carbocycles. The first-order valence-electron chi connectivity index (χ1n) is 5.05. The molecule has 0 aliphatic rings. The summed E-state index contributed by atoms with van der Waals surface area (Å²) in [5.74, 6) is -1.02. The number of hydrogen-bond donors (Lipinski definition) is 1. The van der Waals surface area contributed by atoms with Crippen molar-refractivity contribution in [3.05, 3.63) is 17.5 Å². The number of methoxy groups -OCH3 is 1. The molecule has 0 fully saturated rings. The standard InChI is InChI=1S/C10H16N4O3/c1-13(2)10(16)8-7(9(11)15)6-14(12-8)4-5-17-3/h6H,4-5H2,1-3H3,(H2,11,15). The van der Waals surface area contributed by atoms with Crippen molar-refractivity contribution in [3.63, 3.8) is 0 Å². The van der Waals surface area contributed by atoms with E-state index in [1.165, 1.54) is 15.8 Å². The summed E-state index contributed by atoms with van der Waals surface area (Å²) >= 11 is 0. The molecule has 0 radical (unpaired) electrons. The smallest absolute Gasteiger partial charge is 0.274 e. The van der Waals surface area contributed by atoms with Crippen LogP contribution in [0.25, 0.3) is 0 Å². The number of rotatable bonds is 5. The van der Waals surface area contributed by atoms with Gasteiger partial charge in [-0.1, -0.05) is 0 Å². The van der Waals surface area contributed by atoms with Crippen LogP contribution in [0.5, 0.6) is 0 Å². The minimum Gasteiger partial charge on any atom is -0.383 e. The lowest BCUT2D eigenvalue weighted by Gasteiger charge is -2.08. The highest BCUT2D eigenvalue weighted by Crippen LogP contribution is 2.08. The van der Waals surface area contributed by atoms with Gasteiger partial charge in [-0.05, 0) is 0 Å². The van der Waals surface area contributed by atoms with Crippen LogP contribution in [0.4, 0.5) is 0 Å². The second-order valence-electron chi connectivity index (χ2n) is 3.71. The van der Waals surface area contributed by atoms with Crippen molar-refractivity contribution in [3.8, 4) is 0 Å². The van der Waals surface area contributed by atoms with E-state index in [-0.39, 0.29) is 17.2 Å². The minimum absolute atomic E-state index is 0.0682. The first-order chi connectivity index (χ1) is 7.97. The Kier molecular flexibility index (Phi) is 4.22. The van der Waals surface area contributed by atoms with E-state index in [1.807, 2.05) is 0 Å². The van der Waals surface area contributed by atoms with Crippen molar-refractivity contribution >= 4 is 11.8 Å². The van der Waals surface area contributed by atoms with Crippen LogP contribution >= 0.6 is 0 Å². The Hall–Kier alpha value is -1.89. The molecule has 2 N–H and O–H groups in total. The quantitative estimate of drug-likeness (QED) is 0.739. The van der Waals surface area contributed by atoms with Crippen LogP contribution in [0.1, 0.15) is 20.8 Å². The highest BCUT2D eigenvalue weighted by atomic mass is 16.5. The number of carbonyl (C=O) groups excluding carboxylic acids is 2. The monoisotopic (exact) mass is 240 g/mol. The minimum atomic E-state index is -0.668. The van der Waals surface area contributed by atoms with E-state index < -0.39 is 5.91 Å². The topological polar surface area (TPSA) is 90.4 Å². The second kappa shape index (κ2) is 5.44. The third-order valence-electron chi connectivity index (χ3n) is 2.16. The lowest BCUT2D eigenvalue weighted by molar-refractivity contribution is 0.0814. The van der Waals surface area contributed by atoms with E-state index in [9.17, 15) is 9.59 Å². The Morgan fingerprint density at radius 3 is 2.65 bits per heavy atom. The summed E-state index contributed by atoms with van der Waals surface area (Å²) in [7, 11) is 4.73. The van der Waals surface area contributed by atoms with E-state index in [4.69, 9.17) is 10.5 Å². The second-order valence-corrected chi connectivity index (χ2v) is 3.71. The molecule has 0 unspecified atom stereocenters. The van der Waals surface area contributed by atoms with Gasteiger partial charge in [0, 0.05) is 27.4 Å². The molecule has 7 nitrogen and oxygen atoms in total. The fourth-order valence-electron chi connectivity index (χ4n) is 1.27. The Morgan fingerprint density at radius 1 is 1.53 bits per heavy atom. The van der Waals surface area contributed by atoms with E-state index >= 15 is 0 Å². The number of primary amides is 1. The van der Waals surface area contributed by atoms with Gasteiger partial charge in [0.2, 0.25) is 0 Å². The van der Waals surface area contributed by atoms with Gasteiger partial charge in [-0.3, -0.25) is 14.3 Å². The molecule has 7 heteroatoms. The number of aromatic nitrogens is 2. The van der Waals surface area contributed by atoms with Gasteiger partial charge in [0.15, 0.2) is 5.69 Å². The molecule has 0 aliphatic heterocycles. The summed E-state index contributed by atoms with van der Waals surface area (Å²) in [5.41, 5.74) is 5.39. The van der Waals surface area contributed by atoms with Crippen LogP contribution in [0.2, 0.25) is 0 Å². The fourth-order valence-corrected chi connectivity index (χ4v) is 1.27. The Balaban J connectivity index is 3.05.